The molecular weight excluding hydrogens is 460 g/mol. The van der Waals surface area contributed by atoms with E-state index in [1.165, 1.54) is 15.9 Å². The smallest absolute Gasteiger partial charge is 0.276 e. The first kappa shape index (κ1) is 21.4. The number of ether oxygens (including phenoxy) is 1. The van der Waals surface area contributed by atoms with E-state index in [4.69, 9.17) is 4.74 Å². The van der Waals surface area contributed by atoms with Crippen LogP contribution in [0.3, 0.4) is 0 Å². The number of aryl methyl sites for hydroxylation is 1. The van der Waals surface area contributed by atoms with E-state index in [-0.39, 0.29) is 23.1 Å². The molecule has 8 nitrogen and oxygen atoms in total. The summed E-state index contributed by atoms with van der Waals surface area (Å²) in [6.45, 7) is 2.19. The zero-order valence-corrected chi connectivity index (χ0v) is 19.5. The van der Waals surface area contributed by atoms with Gasteiger partial charge in [0.1, 0.15) is 17.1 Å². The van der Waals surface area contributed by atoms with Crippen molar-refractivity contribution in [1.29, 1.82) is 0 Å². The number of aromatic nitrogens is 3. The Morgan fingerprint density at radius 3 is 2.45 bits per heavy atom. The molecule has 10 heteroatoms. The quantitative estimate of drug-likeness (QED) is 0.463. The molecule has 0 saturated heterocycles. The van der Waals surface area contributed by atoms with Crippen LogP contribution in [0.2, 0.25) is 0 Å². The highest BCUT2D eigenvalue weighted by Gasteiger charge is 2.35. The predicted octanol–water partition coefficient (Wildman–Crippen LogP) is 4.03. The van der Waals surface area contributed by atoms with Gasteiger partial charge in [0.05, 0.1) is 18.6 Å². The fraction of sp³-hybridized carbons (Fsp3) is 0.174. The maximum atomic E-state index is 13.3. The molecule has 2 aromatic heterocycles. The maximum absolute atomic E-state index is 13.3. The van der Waals surface area contributed by atoms with E-state index in [1.54, 1.807) is 31.4 Å². The van der Waals surface area contributed by atoms with Crippen LogP contribution in [0.15, 0.2) is 59.1 Å². The Labute approximate surface area is 194 Å². The number of carbonyl (C=O) groups excluding carboxylic acids is 1. The van der Waals surface area contributed by atoms with E-state index < -0.39 is 15.7 Å². The molecule has 0 aliphatic carbocycles. The molecule has 3 heterocycles. The number of carbonyl (C=O) groups is 1. The third-order valence-electron chi connectivity index (χ3n) is 5.44. The van der Waals surface area contributed by atoms with Crippen LogP contribution >= 0.6 is 11.3 Å². The van der Waals surface area contributed by atoms with Gasteiger partial charge in [0.15, 0.2) is 5.13 Å². The van der Waals surface area contributed by atoms with Crippen LogP contribution in [-0.4, -0.2) is 41.7 Å². The first-order chi connectivity index (χ1) is 15.9. The van der Waals surface area contributed by atoms with Crippen LogP contribution in [-0.2, 0) is 16.4 Å². The summed E-state index contributed by atoms with van der Waals surface area (Å²) in [4.78, 5) is 22.2. The molecule has 0 unspecified atom stereocenters. The topological polar surface area (TPSA) is 103 Å². The molecule has 1 aliphatic rings. The molecule has 0 bridgehead atoms. The molecule has 1 amide bonds. The Kier molecular flexibility index (Phi) is 5.26. The van der Waals surface area contributed by atoms with Gasteiger partial charge in [-0.1, -0.05) is 29.8 Å². The Morgan fingerprint density at radius 1 is 1.06 bits per heavy atom. The van der Waals surface area contributed by atoms with Crippen molar-refractivity contribution in [2.75, 3.05) is 18.2 Å². The van der Waals surface area contributed by atoms with Crippen molar-refractivity contribution in [3.63, 3.8) is 0 Å². The third-order valence-corrected chi connectivity index (χ3v) is 7.79. The van der Waals surface area contributed by atoms with Crippen molar-refractivity contribution in [2.45, 2.75) is 18.6 Å². The highest BCUT2D eigenvalue weighted by Crippen LogP contribution is 2.32. The van der Waals surface area contributed by atoms with Crippen molar-refractivity contribution < 1.29 is 17.9 Å². The number of methoxy groups -OCH3 is 1. The van der Waals surface area contributed by atoms with E-state index >= 15 is 0 Å². The largest absolute Gasteiger partial charge is 0.497 e. The van der Waals surface area contributed by atoms with Gasteiger partial charge in [-0.05, 0) is 31.2 Å². The summed E-state index contributed by atoms with van der Waals surface area (Å²) in [6, 6.07) is 14.9. The van der Waals surface area contributed by atoms with E-state index in [0.29, 0.717) is 22.1 Å². The second-order valence-electron chi connectivity index (χ2n) is 7.65. The SMILES string of the molecule is COc1ccc(-c2nc3n(c2C(=O)Nc2nc(-c4ccc(C)cc4)cs2)CCS3(=O)=O)cc1. The minimum Gasteiger partial charge on any atom is -0.497 e. The number of nitrogens with zero attached hydrogens (tertiary/aromatic N) is 3. The first-order valence-electron chi connectivity index (χ1n) is 10.2. The number of sulfone groups is 1. The minimum absolute atomic E-state index is 0.0761. The third kappa shape index (κ3) is 3.91. The van der Waals surface area contributed by atoms with E-state index in [1.807, 2.05) is 36.6 Å². The van der Waals surface area contributed by atoms with E-state index in [0.717, 1.165) is 16.8 Å². The number of hydrogen-bond donors (Lipinski definition) is 1. The summed E-state index contributed by atoms with van der Waals surface area (Å²) in [6.07, 6.45) is 0. The van der Waals surface area contributed by atoms with Crippen LogP contribution in [0, 0.1) is 6.92 Å². The zero-order chi connectivity index (χ0) is 23.2. The van der Waals surface area contributed by atoms with Gasteiger partial charge < -0.3 is 9.30 Å². The number of rotatable bonds is 5. The zero-order valence-electron chi connectivity index (χ0n) is 17.9. The second kappa shape index (κ2) is 8.13. The monoisotopic (exact) mass is 480 g/mol. The highest BCUT2D eigenvalue weighted by molar-refractivity contribution is 7.91. The van der Waals surface area contributed by atoms with Crippen LogP contribution in [0.5, 0.6) is 5.75 Å². The Balaban J connectivity index is 1.50. The molecule has 0 fully saturated rings. The van der Waals surface area contributed by atoms with Crippen LogP contribution in [0.1, 0.15) is 16.1 Å². The summed E-state index contributed by atoms with van der Waals surface area (Å²) in [5, 5.41) is 5.03. The van der Waals surface area contributed by atoms with Gasteiger partial charge in [-0.25, -0.2) is 18.4 Å². The number of benzene rings is 2. The number of imidazole rings is 1. The Hall–Kier alpha value is -3.50. The molecular formula is C23H20N4O4S2. The fourth-order valence-electron chi connectivity index (χ4n) is 3.70. The number of hydrogen-bond acceptors (Lipinski definition) is 7. The van der Waals surface area contributed by atoms with Crippen molar-refractivity contribution in [3.8, 4) is 28.3 Å². The van der Waals surface area contributed by atoms with Crippen molar-refractivity contribution in [3.05, 3.63) is 65.2 Å². The van der Waals surface area contributed by atoms with Crippen LogP contribution < -0.4 is 10.1 Å². The van der Waals surface area contributed by atoms with Gasteiger partial charge in [-0.3, -0.25) is 10.1 Å². The van der Waals surface area contributed by atoms with Gasteiger partial charge in [-0.15, -0.1) is 11.3 Å². The first-order valence-corrected chi connectivity index (χ1v) is 12.7. The minimum atomic E-state index is -3.54. The molecule has 2 aromatic carbocycles. The van der Waals surface area contributed by atoms with Crippen molar-refractivity contribution in [1.82, 2.24) is 14.5 Å². The molecule has 5 rings (SSSR count). The number of amides is 1. The summed E-state index contributed by atoms with van der Waals surface area (Å²) < 4.78 is 31.6. The van der Waals surface area contributed by atoms with Crippen molar-refractivity contribution in [2.24, 2.45) is 0 Å². The summed E-state index contributed by atoms with van der Waals surface area (Å²) >= 11 is 1.31. The van der Waals surface area contributed by atoms with E-state index in [2.05, 4.69) is 15.3 Å². The summed E-state index contributed by atoms with van der Waals surface area (Å²) in [7, 11) is -1.98. The molecule has 0 radical (unpaired) electrons. The molecule has 168 valence electrons. The van der Waals surface area contributed by atoms with Gasteiger partial charge in [0.2, 0.25) is 15.0 Å². The highest BCUT2D eigenvalue weighted by atomic mass is 32.2. The molecule has 4 aromatic rings. The molecule has 1 N–H and O–H groups in total. The van der Waals surface area contributed by atoms with Crippen LogP contribution in [0.4, 0.5) is 5.13 Å². The van der Waals surface area contributed by atoms with E-state index in [9.17, 15) is 13.2 Å². The van der Waals surface area contributed by atoms with Gasteiger partial charge in [0.25, 0.3) is 5.91 Å². The lowest BCUT2D eigenvalue weighted by Crippen LogP contribution is -2.17. The maximum Gasteiger partial charge on any atom is 0.276 e. The molecule has 33 heavy (non-hydrogen) atoms. The Morgan fingerprint density at radius 2 is 1.76 bits per heavy atom. The van der Waals surface area contributed by atoms with Gasteiger partial charge >= 0.3 is 0 Å². The Bertz CT molecular complexity index is 1450. The second-order valence-corrected chi connectivity index (χ2v) is 10.5. The summed E-state index contributed by atoms with van der Waals surface area (Å²) in [5.74, 6) is 0.116. The lowest BCUT2D eigenvalue weighted by molar-refractivity contribution is 0.101. The lowest BCUT2D eigenvalue weighted by Gasteiger charge is -2.08. The standard InChI is InChI=1S/C23H20N4O4S2/c1-14-3-5-15(6-4-14)18-13-32-22(24-18)26-21(28)20-19(16-7-9-17(31-2)10-8-16)25-23-27(20)11-12-33(23,29)30/h3-10,13H,11-12H2,1-2H3,(H,24,26,28). The van der Waals surface area contributed by atoms with Crippen LogP contribution in [0.25, 0.3) is 22.5 Å². The molecule has 0 spiro atoms. The lowest BCUT2D eigenvalue weighted by atomic mass is 10.1. The molecule has 0 saturated carbocycles. The fourth-order valence-corrected chi connectivity index (χ4v) is 5.77. The van der Waals surface area contributed by atoms with Gasteiger partial charge in [0, 0.05) is 23.1 Å². The normalized spacial score (nSPS) is 14.1. The number of anilines is 1. The number of thiazole rings is 1. The van der Waals surface area contributed by atoms with Gasteiger partial charge in [-0.2, -0.15) is 0 Å². The average Bonchev–Trinajstić information content (AvgIpc) is 3.50. The number of nitrogens with one attached hydrogen (secondary N) is 1. The average molecular weight is 481 g/mol. The molecule has 1 aliphatic heterocycles. The molecule has 0 atom stereocenters. The summed E-state index contributed by atoms with van der Waals surface area (Å²) in [5.41, 5.74) is 3.99. The number of fused-ring (bicyclic) bond motifs is 1. The predicted molar refractivity (Wildman–Crippen MR) is 127 cm³/mol. The van der Waals surface area contributed by atoms with Crippen molar-refractivity contribution >= 4 is 32.2 Å².